The van der Waals surface area contributed by atoms with Crippen LogP contribution in [-0.4, -0.2) is 21.8 Å². The Balaban J connectivity index is 1.70. The smallest absolute Gasteiger partial charge is 0.176 e. The number of ketones is 1. The Hall–Kier alpha value is -0.670. The van der Waals surface area contributed by atoms with E-state index in [1.807, 2.05) is 0 Å². The molecule has 0 spiro atoms. The van der Waals surface area contributed by atoms with Crippen LogP contribution in [0.25, 0.3) is 0 Å². The van der Waals surface area contributed by atoms with Gasteiger partial charge in [-0.2, -0.15) is 0 Å². The third kappa shape index (κ3) is 1.97. The minimum absolute atomic E-state index is 0.119. The van der Waals surface area contributed by atoms with Crippen molar-refractivity contribution in [3.8, 4) is 0 Å². The summed E-state index contributed by atoms with van der Waals surface area (Å²) < 4.78 is 0. The second-order valence-electron chi connectivity index (χ2n) is 8.28. The van der Waals surface area contributed by atoms with Crippen molar-refractivity contribution in [1.29, 1.82) is 0 Å². The summed E-state index contributed by atoms with van der Waals surface area (Å²) in [5.74, 6) is -0.377. The van der Waals surface area contributed by atoms with Crippen LogP contribution in [0.3, 0.4) is 0 Å². The SMILES string of the molecule is C[C@@]12CCC[C@H]1[C@@H]1CCC3=CC(=O)CC(O)(O)[C@@H]3[C@H]1CC2. The van der Waals surface area contributed by atoms with Crippen molar-refractivity contribution in [2.24, 2.45) is 29.1 Å². The number of carbonyl (C=O) groups excluding carboxylic acids is 1. The highest BCUT2D eigenvalue weighted by Gasteiger charge is 2.57. The van der Waals surface area contributed by atoms with E-state index in [2.05, 4.69) is 6.92 Å². The maximum atomic E-state index is 11.7. The van der Waals surface area contributed by atoms with Gasteiger partial charge in [0.2, 0.25) is 0 Å². The minimum atomic E-state index is -1.81. The maximum Gasteiger partial charge on any atom is 0.176 e. The topological polar surface area (TPSA) is 57.5 Å². The Bertz CT molecular complexity index is 507. The molecule has 2 N–H and O–H groups in total. The van der Waals surface area contributed by atoms with E-state index in [1.165, 1.54) is 25.7 Å². The number of hydrogen-bond acceptors (Lipinski definition) is 3. The van der Waals surface area contributed by atoms with Crippen molar-refractivity contribution in [3.63, 3.8) is 0 Å². The highest BCUT2D eigenvalue weighted by molar-refractivity contribution is 5.92. The van der Waals surface area contributed by atoms with Crippen LogP contribution in [-0.2, 0) is 4.79 Å². The van der Waals surface area contributed by atoms with Crippen molar-refractivity contribution in [2.75, 3.05) is 0 Å². The predicted octanol–water partition coefficient (Wildman–Crippen LogP) is 2.81. The van der Waals surface area contributed by atoms with E-state index >= 15 is 0 Å². The molecule has 3 nitrogen and oxygen atoms in total. The highest BCUT2D eigenvalue weighted by atomic mass is 16.5. The second-order valence-corrected chi connectivity index (χ2v) is 8.28. The van der Waals surface area contributed by atoms with E-state index in [-0.39, 0.29) is 18.1 Å². The van der Waals surface area contributed by atoms with Crippen molar-refractivity contribution in [2.45, 2.75) is 64.1 Å². The maximum absolute atomic E-state index is 11.7. The molecule has 0 aliphatic heterocycles. The molecule has 3 fully saturated rings. The number of rotatable bonds is 0. The summed E-state index contributed by atoms with van der Waals surface area (Å²) in [6, 6.07) is 0. The molecule has 0 aromatic carbocycles. The van der Waals surface area contributed by atoms with Gasteiger partial charge >= 0.3 is 0 Å². The van der Waals surface area contributed by atoms with Crippen LogP contribution >= 0.6 is 0 Å². The molecule has 0 saturated heterocycles. The van der Waals surface area contributed by atoms with E-state index in [9.17, 15) is 15.0 Å². The van der Waals surface area contributed by atoms with Gasteiger partial charge in [0.25, 0.3) is 0 Å². The van der Waals surface area contributed by atoms with Crippen molar-refractivity contribution < 1.29 is 15.0 Å². The molecule has 0 unspecified atom stereocenters. The summed E-state index contributed by atoms with van der Waals surface area (Å²) in [4.78, 5) is 11.7. The Morgan fingerprint density at radius 1 is 1.14 bits per heavy atom. The molecule has 116 valence electrons. The van der Waals surface area contributed by atoms with Crippen LogP contribution in [0.4, 0.5) is 0 Å². The molecule has 0 radical (unpaired) electrons. The zero-order chi connectivity index (χ0) is 14.8. The van der Waals surface area contributed by atoms with E-state index in [1.54, 1.807) is 6.08 Å². The Morgan fingerprint density at radius 3 is 2.76 bits per heavy atom. The molecule has 0 amide bonds. The molecule has 4 aliphatic carbocycles. The standard InChI is InChI=1S/C18H26O3/c1-17-7-2-3-15(17)13-5-4-11-9-12(19)10-18(20,21)16(11)14(13)6-8-17/h9,13-16,20-21H,2-8,10H2,1H3/t13-,14+,15+,16+,17+/m1/s1. The van der Waals surface area contributed by atoms with E-state index in [4.69, 9.17) is 0 Å². The van der Waals surface area contributed by atoms with Gasteiger partial charge in [0.1, 0.15) is 0 Å². The van der Waals surface area contributed by atoms with Gasteiger partial charge in [0.15, 0.2) is 11.6 Å². The molecule has 3 saturated carbocycles. The van der Waals surface area contributed by atoms with Gasteiger partial charge in [-0.1, -0.05) is 18.9 Å². The van der Waals surface area contributed by atoms with Gasteiger partial charge < -0.3 is 10.2 Å². The lowest BCUT2D eigenvalue weighted by molar-refractivity contribution is -0.223. The fourth-order valence-corrected chi connectivity index (χ4v) is 6.33. The first-order valence-electron chi connectivity index (χ1n) is 8.59. The van der Waals surface area contributed by atoms with Crippen LogP contribution in [0.1, 0.15) is 58.3 Å². The van der Waals surface area contributed by atoms with Gasteiger partial charge in [-0.3, -0.25) is 4.79 Å². The predicted molar refractivity (Wildman–Crippen MR) is 79.3 cm³/mol. The van der Waals surface area contributed by atoms with Crippen LogP contribution in [0.5, 0.6) is 0 Å². The molecule has 3 heteroatoms. The van der Waals surface area contributed by atoms with Crippen molar-refractivity contribution >= 4 is 5.78 Å². The van der Waals surface area contributed by atoms with Crippen LogP contribution in [0.2, 0.25) is 0 Å². The summed E-state index contributed by atoms with van der Waals surface area (Å²) >= 11 is 0. The molecule has 4 aliphatic rings. The minimum Gasteiger partial charge on any atom is -0.365 e. The number of aliphatic hydroxyl groups is 2. The summed E-state index contributed by atoms with van der Waals surface area (Å²) in [5, 5.41) is 21.0. The van der Waals surface area contributed by atoms with Gasteiger partial charge in [-0.15, -0.1) is 0 Å². The van der Waals surface area contributed by atoms with Crippen LogP contribution < -0.4 is 0 Å². The largest absolute Gasteiger partial charge is 0.365 e. The molecule has 4 rings (SSSR count). The average molecular weight is 290 g/mol. The average Bonchev–Trinajstić information content (AvgIpc) is 2.78. The highest BCUT2D eigenvalue weighted by Crippen LogP contribution is 2.62. The van der Waals surface area contributed by atoms with E-state index < -0.39 is 5.79 Å². The quantitative estimate of drug-likeness (QED) is 0.674. The first kappa shape index (κ1) is 14.0. The summed E-state index contributed by atoms with van der Waals surface area (Å²) in [7, 11) is 0. The molecule has 21 heavy (non-hydrogen) atoms. The third-order valence-corrected chi connectivity index (χ3v) is 7.15. The van der Waals surface area contributed by atoms with Gasteiger partial charge in [-0.25, -0.2) is 0 Å². The lowest BCUT2D eigenvalue weighted by Gasteiger charge is -2.55. The lowest BCUT2D eigenvalue weighted by Crippen LogP contribution is -2.54. The van der Waals surface area contributed by atoms with Gasteiger partial charge in [-0.05, 0) is 67.8 Å². The van der Waals surface area contributed by atoms with Gasteiger partial charge in [0, 0.05) is 5.92 Å². The third-order valence-electron chi connectivity index (χ3n) is 7.15. The zero-order valence-electron chi connectivity index (χ0n) is 12.8. The monoisotopic (exact) mass is 290 g/mol. The number of fused-ring (bicyclic) bond motifs is 5. The lowest BCUT2D eigenvalue weighted by atomic mass is 9.51. The number of carbonyl (C=O) groups is 1. The fraction of sp³-hybridized carbons (Fsp3) is 0.833. The first-order chi connectivity index (χ1) is 9.91. The molecule has 0 bridgehead atoms. The summed E-state index contributed by atoms with van der Waals surface area (Å²) in [5.41, 5.74) is 1.50. The van der Waals surface area contributed by atoms with Gasteiger partial charge in [0.05, 0.1) is 6.42 Å². The normalized spacial score (nSPS) is 48.1. The molecule has 0 aromatic rings. The molecule has 0 heterocycles. The fourth-order valence-electron chi connectivity index (χ4n) is 6.33. The van der Waals surface area contributed by atoms with Crippen LogP contribution in [0, 0.1) is 29.1 Å². The molecule has 5 atom stereocenters. The van der Waals surface area contributed by atoms with Crippen molar-refractivity contribution in [3.05, 3.63) is 11.6 Å². The van der Waals surface area contributed by atoms with E-state index in [0.717, 1.165) is 30.8 Å². The molecular weight excluding hydrogens is 264 g/mol. The molecular formula is C18H26O3. The Labute approximate surface area is 126 Å². The van der Waals surface area contributed by atoms with Crippen LogP contribution in [0.15, 0.2) is 11.6 Å². The number of hydrogen-bond donors (Lipinski definition) is 2. The summed E-state index contributed by atoms with van der Waals surface area (Å²) in [6.45, 7) is 2.45. The first-order valence-corrected chi connectivity index (χ1v) is 8.59. The Kier molecular flexibility index (Phi) is 2.94. The summed E-state index contributed by atoms with van der Waals surface area (Å²) in [6.07, 6.45) is 9.91. The van der Waals surface area contributed by atoms with E-state index in [0.29, 0.717) is 17.3 Å². The van der Waals surface area contributed by atoms with Crippen molar-refractivity contribution in [1.82, 2.24) is 0 Å². The zero-order valence-corrected chi connectivity index (χ0v) is 12.8. The molecule has 0 aromatic heterocycles. The second kappa shape index (κ2) is 4.42. The Morgan fingerprint density at radius 2 is 1.95 bits per heavy atom.